The first kappa shape index (κ1) is 21.1. The predicted molar refractivity (Wildman–Crippen MR) is 112 cm³/mol. The normalized spacial score (nSPS) is 10.4. The Kier molecular flexibility index (Phi) is 6.48. The monoisotopic (exact) mass is 427 g/mol. The van der Waals surface area contributed by atoms with Gasteiger partial charge in [0.15, 0.2) is 5.56 Å². The minimum atomic E-state index is -0.689. The summed E-state index contributed by atoms with van der Waals surface area (Å²) in [6.45, 7) is 3.17. The van der Waals surface area contributed by atoms with Gasteiger partial charge in [0.2, 0.25) is 11.8 Å². The molecule has 2 N–H and O–H groups in total. The number of halogens is 1. The van der Waals surface area contributed by atoms with Gasteiger partial charge >= 0.3 is 5.97 Å². The topological polar surface area (TPSA) is 111 Å². The standard InChI is InChI=1S/C21H18ClN3O5/c1-3-29-21(28)17-18(13-7-9-15(22)10-8-13)25-30-20(17)24-19(27)14-5-4-6-16(11-14)23-12(2)26/h4-11H,3H2,1-2H3,(H,23,26)(H,24,27). The van der Waals surface area contributed by atoms with Crippen LogP contribution in [0, 0.1) is 0 Å². The van der Waals surface area contributed by atoms with E-state index in [9.17, 15) is 14.4 Å². The molecular weight excluding hydrogens is 410 g/mol. The molecule has 154 valence electrons. The summed E-state index contributed by atoms with van der Waals surface area (Å²) < 4.78 is 10.3. The third kappa shape index (κ3) is 4.84. The molecule has 1 heterocycles. The summed E-state index contributed by atoms with van der Waals surface area (Å²) >= 11 is 5.92. The zero-order valence-electron chi connectivity index (χ0n) is 16.2. The van der Waals surface area contributed by atoms with Crippen LogP contribution in [0.5, 0.6) is 0 Å². The molecule has 2 aromatic carbocycles. The molecule has 0 spiro atoms. The number of aromatic nitrogens is 1. The van der Waals surface area contributed by atoms with E-state index < -0.39 is 11.9 Å². The van der Waals surface area contributed by atoms with E-state index in [-0.39, 0.29) is 35.2 Å². The molecule has 0 fully saturated rings. The van der Waals surface area contributed by atoms with Crippen LogP contribution in [0.4, 0.5) is 11.6 Å². The van der Waals surface area contributed by atoms with Crippen LogP contribution in [-0.4, -0.2) is 29.5 Å². The smallest absolute Gasteiger partial charge is 0.346 e. The van der Waals surface area contributed by atoms with Gasteiger partial charge in [-0.25, -0.2) is 4.79 Å². The zero-order valence-corrected chi connectivity index (χ0v) is 16.9. The Morgan fingerprint density at radius 1 is 1.10 bits per heavy atom. The van der Waals surface area contributed by atoms with Gasteiger partial charge in [-0.05, 0) is 37.3 Å². The largest absolute Gasteiger partial charge is 0.462 e. The summed E-state index contributed by atoms with van der Waals surface area (Å²) in [7, 11) is 0. The van der Waals surface area contributed by atoms with E-state index in [4.69, 9.17) is 20.9 Å². The molecule has 30 heavy (non-hydrogen) atoms. The lowest BCUT2D eigenvalue weighted by molar-refractivity contribution is -0.114. The Labute approximate surface area is 177 Å². The second kappa shape index (κ2) is 9.23. The molecule has 3 rings (SSSR count). The van der Waals surface area contributed by atoms with Crippen molar-refractivity contribution in [3.8, 4) is 11.3 Å². The molecule has 0 aliphatic carbocycles. The fraction of sp³-hybridized carbons (Fsp3) is 0.143. The number of carbonyl (C=O) groups is 3. The van der Waals surface area contributed by atoms with Crippen LogP contribution in [0.1, 0.15) is 34.6 Å². The molecule has 0 bridgehead atoms. The molecule has 8 nitrogen and oxygen atoms in total. The predicted octanol–water partition coefficient (Wildman–Crippen LogP) is 4.38. The van der Waals surface area contributed by atoms with Crippen LogP contribution in [0.25, 0.3) is 11.3 Å². The highest BCUT2D eigenvalue weighted by molar-refractivity contribution is 6.30. The Morgan fingerprint density at radius 3 is 2.50 bits per heavy atom. The van der Waals surface area contributed by atoms with Gasteiger partial charge in [0.25, 0.3) is 5.91 Å². The van der Waals surface area contributed by atoms with Gasteiger partial charge in [-0.15, -0.1) is 0 Å². The van der Waals surface area contributed by atoms with E-state index in [1.54, 1.807) is 49.4 Å². The van der Waals surface area contributed by atoms with Crippen LogP contribution in [0.2, 0.25) is 5.02 Å². The van der Waals surface area contributed by atoms with Crippen molar-refractivity contribution in [2.75, 3.05) is 17.2 Å². The van der Waals surface area contributed by atoms with Gasteiger partial charge in [0, 0.05) is 28.8 Å². The van der Waals surface area contributed by atoms with Crippen molar-refractivity contribution in [1.29, 1.82) is 0 Å². The average Bonchev–Trinajstić information content (AvgIpc) is 3.12. The summed E-state index contributed by atoms with van der Waals surface area (Å²) in [6.07, 6.45) is 0. The first-order chi connectivity index (χ1) is 14.4. The van der Waals surface area contributed by atoms with E-state index >= 15 is 0 Å². The molecule has 0 saturated carbocycles. The van der Waals surface area contributed by atoms with Crippen molar-refractivity contribution in [3.63, 3.8) is 0 Å². The fourth-order valence-corrected chi connectivity index (χ4v) is 2.82. The third-order valence-electron chi connectivity index (χ3n) is 3.96. The number of benzene rings is 2. The van der Waals surface area contributed by atoms with Crippen LogP contribution in [0.3, 0.4) is 0 Å². The number of esters is 1. The van der Waals surface area contributed by atoms with Gasteiger partial charge in [0.1, 0.15) is 5.69 Å². The first-order valence-corrected chi connectivity index (χ1v) is 9.38. The zero-order chi connectivity index (χ0) is 21.7. The molecule has 3 aromatic rings. The van der Waals surface area contributed by atoms with Crippen molar-refractivity contribution in [3.05, 3.63) is 64.7 Å². The van der Waals surface area contributed by atoms with E-state index in [2.05, 4.69) is 15.8 Å². The summed E-state index contributed by atoms with van der Waals surface area (Å²) in [5, 5.41) is 9.59. The van der Waals surface area contributed by atoms with Crippen LogP contribution in [0.15, 0.2) is 53.1 Å². The summed E-state index contributed by atoms with van der Waals surface area (Å²) in [6, 6.07) is 13.0. The molecule has 2 amide bonds. The quantitative estimate of drug-likeness (QED) is 0.565. The van der Waals surface area contributed by atoms with E-state index in [1.807, 2.05) is 0 Å². The Bertz CT molecular complexity index is 1090. The number of ether oxygens (including phenoxy) is 1. The highest BCUT2D eigenvalue weighted by Crippen LogP contribution is 2.31. The van der Waals surface area contributed by atoms with Gasteiger partial charge in [-0.1, -0.05) is 35.0 Å². The number of hydrogen-bond donors (Lipinski definition) is 2. The van der Waals surface area contributed by atoms with Gasteiger partial charge in [0.05, 0.1) is 6.61 Å². The van der Waals surface area contributed by atoms with Crippen molar-refractivity contribution in [2.24, 2.45) is 0 Å². The Balaban J connectivity index is 1.94. The molecule has 0 aliphatic heterocycles. The van der Waals surface area contributed by atoms with Crippen LogP contribution in [-0.2, 0) is 9.53 Å². The SMILES string of the molecule is CCOC(=O)c1c(-c2ccc(Cl)cc2)noc1NC(=O)c1cccc(NC(C)=O)c1. The number of nitrogens with one attached hydrogen (secondary N) is 2. The van der Waals surface area contributed by atoms with Gasteiger partial charge in [-0.3, -0.25) is 14.9 Å². The number of hydrogen-bond acceptors (Lipinski definition) is 6. The second-order valence-electron chi connectivity index (χ2n) is 6.18. The summed E-state index contributed by atoms with van der Waals surface area (Å²) in [4.78, 5) is 36.5. The second-order valence-corrected chi connectivity index (χ2v) is 6.62. The minimum absolute atomic E-state index is 0.00876. The highest BCUT2D eigenvalue weighted by atomic mass is 35.5. The van der Waals surface area contributed by atoms with Crippen molar-refractivity contribution in [1.82, 2.24) is 5.16 Å². The highest BCUT2D eigenvalue weighted by Gasteiger charge is 2.27. The molecule has 0 aliphatic rings. The molecular formula is C21H18ClN3O5. The molecule has 0 radical (unpaired) electrons. The number of nitrogens with zero attached hydrogens (tertiary/aromatic N) is 1. The van der Waals surface area contributed by atoms with Crippen molar-refractivity contribution in [2.45, 2.75) is 13.8 Å². The Morgan fingerprint density at radius 2 is 1.83 bits per heavy atom. The minimum Gasteiger partial charge on any atom is -0.462 e. The molecule has 1 aromatic heterocycles. The average molecular weight is 428 g/mol. The van der Waals surface area contributed by atoms with Crippen LogP contribution < -0.4 is 10.6 Å². The third-order valence-corrected chi connectivity index (χ3v) is 4.21. The number of carbonyl (C=O) groups excluding carboxylic acids is 3. The Hall–Kier alpha value is -3.65. The molecule has 0 atom stereocenters. The van der Waals surface area contributed by atoms with Gasteiger partial charge < -0.3 is 14.6 Å². The number of amides is 2. The first-order valence-electron chi connectivity index (χ1n) is 9.00. The van der Waals surface area contributed by atoms with E-state index in [0.717, 1.165) is 0 Å². The van der Waals surface area contributed by atoms with Crippen LogP contribution >= 0.6 is 11.6 Å². The summed E-state index contributed by atoms with van der Waals surface area (Å²) in [5.41, 5.74) is 1.48. The van der Waals surface area contributed by atoms with E-state index in [1.165, 1.54) is 13.0 Å². The lowest BCUT2D eigenvalue weighted by atomic mass is 10.1. The van der Waals surface area contributed by atoms with Gasteiger partial charge in [-0.2, -0.15) is 0 Å². The molecule has 0 saturated heterocycles. The number of anilines is 2. The summed E-state index contributed by atoms with van der Waals surface area (Å²) in [5.74, 6) is -1.65. The molecule has 0 unspecified atom stereocenters. The number of rotatable bonds is 6. The maximum Gasteiger partial charge on any atom is 0.346 e. The lowest BCUT2D eigenvalue weighted by Gasteiger charge is -2.07. The molecule has 9 heteroatoms. The maximum atomic E-state index is 12.7. The lowest BCUT2D eigenvalue weighted by Crippen LogP contribution is -2.15. The maximum absolute atomic E-state index is 12.7. The van der Waals surface area contributed by atoms with E-state index in [0.29, 0.717) is 16.3 Å². The van der Waals surface area contributed by atoms with Crippen molar-refractivity contribution >= 4 is 41.0 Å². The van der Waals surface area contributed by atoms with Crippen molar-refractivity contribution < 1.29 is 23.6 Å². The fourth-order valence-electron chi connectivity index (χ4n) is 2.69.